The molecule has 7 nitrogen and oxygen atoms in total. The maximum atomic E-state index is 12.1. The molecule has 0 bridgehead atoms. The molecule has 0 aliphatic heterocycles. The van der Waals surface area contributed by atoms with Crippen molar-refractivity contribution in [2.45, 2.75) is 19.4 Å². The lowest BCUT2D eigenvalue weighted by Crippen LogP contribution is -2.30. The summed E-state index contributed by atoms with van der Waals surface area (Å²) < 4.78 is 5.05. The smallest absolute Gasteiger partial charge is 0.311 e. The number of esters is 1. The van der Waals surface area contributed by atoms with Crippen LogP contribution in [0.5, 0.6) is 0 Å². The van der Waals surface area contributed by atoms with Gasteiger partial charge in [-0.05, 0) is 35.4 Å². The van der Waals surface area contributed by atoms with Gasteiger partial charge in [-0.15, -0.1) is 0 Å². The van der Waals surface area contributed by atoms with E-state index in [9.17, 15) is 19.7 Å². The summed E-state index contributed by atoms with van der Waals surface area (Å²) in [5.41, 5.74) is 0.674. The number of nitro groups is 1. The third-order valence-electron chi connectivity index (χ3n) is 3.02. The van der Waals surface area contributed by atoms with Gasteiger partial charge in [0.15, 0.2) is 6.10 Å². The number of nitrogens with zero attached hydrogens (tertiary/aromatic N) is 1. The molecule has 1 heterocycles. The molecule has 0 aliphatic rings. The van der Waals surface area contributed by atoms with Crippen LogP contribution in [0, 0.1) is 10.1 Å². The highest BCUT2D eigenvalue weighted by atomic mass is 35.5. The van der Waals surface area contributed by atoms with Crippen LogP contribution >= 0.6 is 22.9 Å². The highest BCUT2D eigenvalue weighted by molar-refractivity contribution is 7.08. The second-order valence-electron chi connectivity index (χ2n) is 4.85. The van der Waals surface area contributed by atoms with E-state index in [0.717, 1.165) is 11.6 Å². The normalized spacial score (nSPS) is 11.6. The van der Waals surface area contributed by atoms with E-state index in [1.54, 1.807) is 6.07 Å². The summed E-state index contributed by atoms with van der Waals surface area (Å²) in [6.45, 7) is 1.41. The second-order valence-corrected chi connectivity index (χ2v) is 6.04. The Labute approximate surface area is 146 Å². The highest BCUT2D eigenvalue weighted by Crippen LogP contribution is 2.26. The lowest BCUT2D eigenvalue weighted by molar-refractivity contribution is -0.384. The molecule has 1 aromatic carbocycles. The zero-order chi connectivity index (χ0) is 17.7. The monoisotopic (exact) mass is 368 g/mol. The van der Waals surface area contributed by atoms with E-state index < -0.39 is 22.9 Å². The molecule has 0 fully saturated rings. The number of nitrogens with one attached hydrogen (secondary N) is 1. The summed E-state index contributed by atoms with van der Waals surface area (Å²) in [6, 6.07) is 5.46. The van der Waals surface area contributed by atoms with E-state index in [0.29, 0.717) is 0 Å². The number of rotatable bonds is 6. The molecule has 1 aromatic heterocycles. The number of hydrogen-bond donors (Lipinski definition) is 1. The minimum Gasteiger partial charge on any atom is -0.452 e. The Morgan fingerprint density at radius 1 is 1.42 bits per heavy atom. The number of amides is 1. The third-order valence-corrected chi connectivity index (χ3v) is 4.09. The first-order chi connectivity index (χ1) is 11.4. The van der Waals surface area contributed by atoms with Crippen molar-refractivity contribution in [2.24, 2.45) is 0 Å². The van der Waals surface area contributed by atoms with Gasteiger partial charge < -0.3 is 10.1 Å². The first-order valence-electron chi connectivity index (χ1n) is 6.82. The molecule has 1 unspecified atom stereocenters. The SMILES string of the molecule is CC(OC(=O)Cc1ccsc1)C(=O)Nc1cc([N+](=O)[O-])ccc1Cl. The van der Waals surface area contributed by atoms with Crippen LogP contribution in [-0.4, -0.2) is 22.9 Å². The molecule has 2 rings (SSSR count). The fourth-order valence-electron chi connectivity index (χ4n) is 1.81. The quantitative estimate of drug-likeness (QED) is 0.478. The molecule has 1 amide bonds. The summed E-state index contributed by atoms with van der Waals surface area (Å²) in [4.78, 5) is 34.0. The predicted octanol–water partition coefficient (Wildman–Crippen LogP) is 3.42. The lowest BCUT2D eigenvalue weighted by atomic mass is 10.2. The van der Waals surface area contributed by atoms with Gasteiger partial charge >= 0.3 is 5.97 Å². The number of ether oxygens (including phenoxy) is 1. The first-order valence-corrected chi connectivity index (χ1v) is 8.14. The Kier molecular flexibility index (Phi) is 5.88. The first kappa shape index (κ1) is 17.9. The number of carbonyl (C=O) groups excluding carboxylic acids is 2. The van der Waals surface area contributed by atoms with Gasteiger partial charge in [0, 0.05) is 12.1 Å². The van der Waals surface area contributed by atoms with E-state index in [4.69, 9.17) is 16.3 Å². The number of halogens is 1. The molecular weight excluding hydrogens is 356 g/mol. The average molecular weight is 369 g/mol. The van der Waals surface area contributed by atoms with Crippen LogP contribution in [0.1, 0.15) is 12.5 Å². The van der Waals surface area contributed by atoms with Crippen molar-refractivity contribution in [1.29, 1.82) is 0 Å². The van der Waals surface area contributed by atoms with Gasteiger partial charge in [0.2, 0.25) is 0 Å². The molecule has 0 spiro atoms. The van der Waals surface area contributed by atoms with Gasteiger partial charge in [-0.2, -0.15) is 11.3 Å². The Bertz CT molecular complexity index is 763. The van der Waals surface area contributed by atoms with Crippen LogP contribution in [0.25, 0.3) is 0 Å². The van der Waals surface area contributed by atoms with E-state index in [2.05, 4.69) is 5.32 Å². The zero-order valence-electron chi connectivity index (χ0n) is 12.5. The number of benzene rings is 1. The molecule has 0 aliphatic carbocycles. The fraction of sp³-hybridized carbons (Fsp3) is 0.200. The van der Waals surface area contributed by atoms with Crippen LogP contribution in [0.15, 0.2) is 35.0 Å². The van der Waals surface area contributed by atoms with Crippen molar-refractivity contribution in [3.05, 3.63) is 55.7 Å². The van der Waals surface area contributed by atoms with E-state index in [1.165, 1.54) is 30.4 Å². The van der Waals surface area contributed by atoms with E-state index in [1.807, 2.05) is 10.8 Å². The molecule has 24 heavy (non-hydrogen) atoms. The Morgan fingerprint density at radius 2 is 2.17 bits per heavy atom. The van der Waals surface area contributed by atoms with Crippen molar-refractivity contribution in [2.75, 3.05) is 5.32 Å². The Balaban J connectivity index is 1.97. The number of thiophene rings is 1. The maximum absolute atomic E-state index is 12.1. The summed E-state index contributed by atoms with van der Waals surface area (Å²) >= 11 is 7.36. The number of carbonyl (C=O) groups is 2. The molecule has 1 atom stereocenters. The molecule has 0 saturated heterocycles. The van der Waals surface area contributed by atoms with Crippen molar-refractivity contribution < 1.29 is 19.2 Å². The standard InChI is InChI=1S/C15H13ClN2O5S/c1-9(23-14(19)6-10-4-5-24-8-10)15(20)17-13-7-11(18(21)22)2-3-12(13)16/h2-5,7-9H,6H2,1H3,(H,17,20). The number of non-ortho nitro benzene ring substituents is 1. The van der Waals surface area contributed by atoms with Crippen molar-refractivity contribution in [1.82, 2.24) is 0 Å². The molecule has 9 heteroatoms. The van der Waals surface area contributed by atoms with Crippen LogP contribution in [-0.2, 0) is 20.7 Å². The molecule has 1 N–H and O–H groups in total. The van der Waals surface area contributed by atoms with E-state index >= 15 is 0 Å². The number of nitro benzene ring substituents is 1. The summed E-state index contributed by atoms with van der Waals surface area (Å²) in [6.07, 6.45) is -0.995. The predicted molar refractivity (Wildman–Crippen MR) is 90.3 cm³/mol. The second kappa shape index (κ2) is 7.89. The maximum Gasteiger partial charge on any atom is 0.311 e. The minimum atomic E-state index is -1.06. The van der Waals surface area contributed by atoms with Crippen LogP contribution in [0.4, 0.5) is 11.4 Å². The third kappa shape index (κ3) is 4.77. The summed E-state index contributed by atoms with van der Waals surface area (Å²) in [5, 5.41) is 17.0. The van der Waals surface area contributed by atoms with E-state index in [-0.39, 0.29) is 22.8 Å². The van der Waals surface area contributed by atoms with Crippen molar-refractivity contribution in [3.8, 4) is 0 Å². The zero-order valence-corrected chi connectivity index (χ0v) is 14.1. The van der Waals surface area contributed by atoms with Gasteiger partial charge in [-0.1, -0.05) is 11.6 Å². The van der Waals surface area contributed by atoms with Crippen LogP contribution < -0.4 is 5.32 Å². The van der Waals surface area contributed by atoms with Gasteiger partial charge in [-0.25, -0.2) is 0 Å². The van der Waals surface area contributed by atoms with Gasteiger partial charge in [0.05, 0.1) is 22.1 Å². The Hall–Kier alpha value is -2.45. The van der Waals surface area contributed by atoms with Gasteiger partial charge in [-0.3, -0.25) is 19.7 Å². The van der Waals surface area contributed by atoms with Gasteiger partial charge in [0.1, 0.15) is 0 Å². The average Bonchev–Trinajstić information content (AvgIpc) is 3.01. The topological polar surface area (TPSA) is 98.5 Å². The largest absolute Gasteiger partial charge is 0.452 e. The van der Waals surface area contributed by atoms with Gasteiger partial charge in [0.25, 0.3) is 11.6 Å². The van der Waals surface area contributed by atoms with Crippen LogP contribution in [0.2, 0.25) is 5.02 Å². The van der Waals surface area contributed by atoms with Crippen molar-refractivity contribution in [3.63, 3.8) is 0 Å². The minimum absolute atomic E-state index is 0.0681. The lowest BCUT2D eigenvalue weighted by Gasteiger charge is -2.14. The highest BCUT2D eigenvalue weighted by Gasteiger charge is 2.20. The molecule has 0 saturated carbocycles. The van der Waals surface area contributed by atoms with Crippen LogP contribution in [0.3, 0.4) is 0 Å². The number of anilines is 1. The molecule has 2 aromatic rings. The Morgan fingerprint density at radius 3 is 2.79 bits per heavy atom. The molecule has 0 radical (unpaired) electrons. The summed E-state index contributed by atoms with van der Waals surface area (Å²) in [5.74, 6) is -1.17. The number of hydrogen-bond acceptors (Lipinski definition) is 6. The molecular formula is C15H13ClN2O5S. The summed E-state index contributed by atoms with van der Waals surface area (Å²) in [7, 11) is 0. The fourth-order valence-corrected chi connectivity index (χ4v) is 2.64. The van der Waals surface area contributed by atoms with Crippen molar-refractivity contribution >= 4 is 46.2 Å². The molecule has 126 valence electrons.